The fraction of sp³-hybridized carbons (Fsp3) is 0.455. The van der Waals surface area contributed by atoms with Crippen LogP contribution in [0.15, 0.2) is 12.1 Å². The number of hydrogen-bond acceptors (Lipinski definition) is 3. The number of phenolic OH excluding ortho intramolecular Hbond substituents is 1. The molecule has 3 nitrogen and oxygen atoms in total. The van der Waals surface area contributed by atoms with Crippen molar-refractivity contribution in [3.05, 3.63) is 29.3 Å². The average Bonchev–Trinajstić information content (AvgIpc) is 2.27. The SMILES string of the molecule is CCC(CO)NCc1cc(F)c(O)c(F)c1. The molecule has 16 heavy (non-hydrogen) atoms. The zero-order valence-electron chi connectivity index (χ0n) is 9.00. The van der Waals surface area contributed by atoms with Gasteiger partial charge in [0.2, 0.25) is 0 Å². The summed E-state index contributed by atoms with van der Waals surface area (Å²) in [4.78, 5) is 0. The Morgan fingerprint density at radius 3 is 2.31 bits per heavy atom. The highest BCUT2D eigenvalue weighted by molar-refractivity contribution is 5.29. The molecule has 0 saturated carbocycles. The largest absolute Gasteiger partial charge is 0.503 e. The number of nitrogens with one attached hydrogen (secondary N) is 1. The van der Waals surface area contributed by atoms with Crippen molar-refractivity contribution in [3.8, 4) is 5.75 Å². The van der Waals surface area contributed by atoms with Gasteiger partial charge >= 0.3 is 0 Å². The van der Waals surface area contributed by atoms with Gasteiger partial charge in [0.1, 0.15) is 0 Å². The van der Waals surface area contributed by atoms with Gasteiger partial charge in [-0.05, 0) is 24.1 Å². The Labute approximate surface area is 92.7 Å². The summed E-state index contributed by atoms with van der Waals surface area (Å²) < 4.78 is 25.9. The second-order valence-corrected chi connectivity index (χ2v) is 3.58. The molecule has 1 unspecified atom stereocenters. The highest BCUT2D eigenvalue weighted by atomic mass is 19.1. The molecule has 3 N–H and O–H groups in total. The standard InChI is InChI=1S/C11H15F2NO2/c1-2-8(6-15)14-5-7-3-9(12)11(16)10(13)4-7/h3-4,8,14-16H,2,5-6H2,1H3. The highest BCUT2D eigenvalue weighted by Crippen LogP contribution is 2.21. The van der Waals surface area contributed by atoms with Gasteiger partial charge in [0.15, 0.2) is 17.4 Å². The fourth-order valence-corrected chi connectivity index (χ4v) is 1.32. The first kappa shape index (κ1) is 12.9. The Kier molecular flexibility index (Phi) is 4.64. The van der Waals surface area contributed by atoms with Crippen LogP contribution in [0.25, 0.3) is 0 Å². The molecule has 0 spiro atoms. The number of aliphatic hydroxyl groups is 1. The smallest absolute Gasteiger partial charge is 0.187 e. The van der Waals surface area contributed by atoms with E-state index in [0.717, 1.165) is 18.6 Å². The molecule has 0 fully saturated rings. The number of hydrogen-bond donors (Lipinski definition) is 3. The van der Waals surface area contributed by atoms with E-state index in [1.54, 1.807) is 0 Å². The third-order valence-corrected chi connectivity index (χ3v) is 2.38. The van der Waals surface area contributed by atoms with Gasteiger partial charge in [0.05, 0.1) is 6.61 Å². The lowest BCUT2D eigenvalue weighted by molar-refractivity contribution is 0.238. The molecule has 0 aliphatic rings. The summed E-state index contributed by atoms with van der Waals surface area (Å²) >= 11 is 0. The molecular weight excluding hydrogens is 216 g/mol. The van der Waals surface area contributed by atoms with Gasteiger partial charge in [0, 0.05) is 12.6 Å². The molecule has 1 aromatic rings. The maximum absolute atomic E-state index is 13.0. The molecule has 0 aliphatic carbocycles. The van der Waals surface area contributed by atoms with Crippen molar-refractivity contribution in [1.29, 1.82) is 0 Å². The molecule has 0 bridgehead atoms. The molecule has 0 saturated heterocycles. The third-order valence-electron chi connectivity index (χ3n) is 2.38. The lowest BCUT2D eigenvalue weighted by atomic mass is 10.1. The first-order valence-electron chi connectivity index (χ1n) is 5.09. The van der Waals surface area contributed by atoms with Crippen molar-refractivity contribution >= 4 is 0 Å². The van der Waals surface area contributed by atoms with Gasteiger partial charge in [-0.3, -0.25) is 0 Å². The van der Waals surface area contributed by atoms with Crippen LogP contribution >= 0.6 is 0 Å². The van der Waals surface area contributed by atoms with E-state index in [1.807, 2.05) is 6.92 Å². The van der Waals surface area contributed by atoms with Gasteiger partial charge in [-0.1, -0.05) is 6.92 Å². The van der Waals surface area contributed by atoms with Crippen LogP contribution in [0.1, 0.15) is 18.9 Å². The van der Waals surface area contributed by atoms with Crippen LogP contribution in [0, 0.1) is 11.6 Å². The van der Waals surface area contributed by atoms with Crippen LogP contribution in [0.2, 0.25) is 0 Å². The van der Waals surface area contributed by atoms with E-state index in [-0.39, 0.29) is 19.2 Å². The lowest BCUT2D eigenvalue weighted by Crippen LogP contribution is -2.31. The van der Waals surface area contributed by atoms with E-state index >= 15 is 0 Å². The van der Waals surface area contributed by atoms with Gasteiger partial charge in [0.25, 0.3) is 0 Å². The summed E-state index contributed by atoms with van der Waals surface area (Å²) in [5, 5.41) is 20.7. The van der Waals surface area contributed by atoms with E-state index < -0.39 is 17.4 Å². The van der Waals surface area contributed by atoms with Crippen LogP contribution in [0.5, 0.6) is 5.75 Å². The number of aliphatic hydroxyl groups excluding tert-OH is 1. The Hall–Kier alpha value is -1.20. The molecule has 0 radical (unpaired) electrons. The number of rotatable bonds is 5. The average molecular weight is 231 g/mol. The van der Waals surface area contributed by atoms with Crippen molar-refractivity contribution in [3.63, 3.8) is 0 Å². The van der Waals surface area contributed by atoms with Crippen LogP contribution in [0.3, 0.4) is 0 Å². The minimum absolute atomic E-state index is 0.0282. The number of aromatic hydroxyl groups is 1. The van der Waals surface area contributed by atoms with Crippen molar-refractivity contribution in [2.45, 2.75) is 25.9 Å². The third kappa shape index (κ3) is 3.15. The van der Waals surface area contributed by atoms with Crippen molar-refractivity contribution < 1.29 is 19.0 Å². The van der Waals surface area contributed by atoms with Crippen LogP contribution in [-0.2, 0) is 6.54 Å². The summed E-state index contributed by atoms with van der Waals surface area (Å²) in [6.07, 6.45) is 0.722. The van der Waals surface area contributed by atoms with E-state index in [9.17, 15) is 8.78 Å². The number of phenols is 1. The maximum atomic E-state index is 13.0. The summed E-state index contributed by atoms with van der Waals surface area (Å²) in [7, 11) is 0. The Morgan fingerprint density at radius 2 is 1.88 bits per heavy atom. The first-order valence-corrected chi connectivity index (χ1v) is 5.09. The lowest BCUT2D eigenvalue weighted by Gasteiger charge is -2.14. The van der Waals surface area contributed by atoms with Crippen LogP contribution < -0.4 is 5.32 Å². The van der Waals surface area contributed by atoms with Crippen molar-refractivity contribution in [1.82, 2.24) is 5.32 Å². The zero-order chi connectivity index (χ0) is 12.1. The topological polar surface area (TPSA) is 52.5 Å². The van der Waals surface area contributed by atoms with Gasteiger partial charge < -0.3 is 15.5 Å². The molecule has 1 aromatic carbocycles. The summed E-state index contributed by atoms with van der Waals surface area (Å²) in [6, 6.07) is 2.03. The van der Waals surface area contributed by atoms with Crippen molar-refractivity contribution in [2.75, 3.05) is 6.61 Å². The van der Waals surface area contributed by atoms with E-state index in [4.69, 9.17) is 10.2 Å². The van der Waals surface area contributed by atoms with Gasteiger partial charge in [-0.25, -0.2) is 8.78 Å². The van der Waals surface area contributed by atoms with Crippen LogP contribution in [-0.4, -0.2) is 22.9 Å². The fourth-order valence-electron chi connectivity index (χ4n) is 1.32. The predicted molar refractivity (Wildman–Crippen MR) is 56.0 cm³/mol. The number of halogens is 2. The van der Waals surface area contributed by atoms with Gasteiger partial charge in [-0.2, -0.15) is 0 Å². The number of benzene rings is 1. The second kappa shape index (κ2) is 5.77. The van der Waals surface area contributed by atoms with Gasteiger partial charge in [-0.15, -0.1) is 0 Å². The minimum atomic E-state index is -0.978. The highest BCUT2D eigenvalue weighted by Gasteiger charge is 2.10. The molecule has 0 aromatic heterocycles. The van der Waals surface area contributed by atoms with E-state index in [1.165, 1.54) is 0 Å². The normalized spacial score (nSPS) is 12.8. The molecule has 0 amide bonds. The zero-order valence-corrected chi connectivity index (χ0v) is 9.00. The summed E-state index contributed by atoms with van der Waals surface area (Å²) in [5.74, 6) is -2.92. The Bertz CT molecular complexity index is 331. The molecule has 5 heteroatoms. The minimum Gasteiger partial charge on any atom is -0.503 e. The molecule has 0 aliphatic heterocycles. The molecule has 0 heterocycles. The molecule has 90 valence electrons. The summed E-state index contributed by atoms with van der Waals surface area (Å²) in [5.41, 5.74) is 0.389. The first-order chi connectivity index (χ1) is 7.58. The van der Waals surface area contributed by atoms with Crippen LogP contribution in [0.4, 0.5) is 8.78 Å². The summed E-state index contributed by atoms with van der Waals surface area (Å²) in [6.45, 7) is 2.11. The monoisotopic (exact) mass is 231 g/mol. The second-order valence-electron chi connectivity index (χ2n) is 3.58. The molecule has 1 atom stereocenters. The predicted octanol–water partition coefficient (Wildman–Crippen LogP) is 1.53. The van der Waals surface area contributed by atoms with Crippen molar-refractivity contribution in [2.24, 2.45) is 0 Å². The quantitative estimate of drug-likeness (QED) is 0.720. The Balaban J connectivity index is 2.68. The van der Waals surface area contributed by atoms with E-state index in [2.05, 4.69) is 5.32 Å². The Morgan fingerprint density at radius 1 is 1.31 bits per heavy atom. The molecular formula is C11H15F2NO2. The molecule has 1 rings (SSSR count). The maximum Gasteiger partial charge on any atom is 0.187 e. The van der Waals surface area contributed by atoms with E-state index in [0.29, 0.717) is 5.56 Å².